The lowest BCUT2D eigenvalue weighted by Crippen LogP contribution is -2.36. The Labute approximate surface area is 103 Å². The van der Waals surface area contributed by atoms with E-state index >= 15 is 0 Å². The second-order valence-corrected chi connectivity index (χ2v) is 7.22. The van der Waals surface area contributed by atoms with Gasteiger partial charge in [-0.05, 0) is 19.9 Å². The fourth-order valence-corrected chi connectivity index (χ4v) is 4.10. The summed E-state index contributed by atoms with van der Waals surface area (Å²) in [6.07, 6.45) is 2.28. The Morgan fingerprint density at radius 2 is 2.12 bits per heavy atom. The Kier molecular flexibility index (Phi) is 4.78. The molecule has 0 aromatic rings. The monoisotopic (exact) mass is 262 g/mol. The second-order valence-electron chi connectivity index (χ2n) is 4.64. The van der Waals surface area contributed by atoms with Gasteiger partial charge in [-0.2, -0.15) is 0 Å². The van der Waals surface area contributed by atoms with E-state index in [1.807, 2.05) is 7.05 Å². The number of hydrogen-bond donors (Lipinski definition) is 1. The Morgan fingerprint density at radius 1 is 1.35 bits per heavy atom. The van der Waals surface area contributed by atoms with Crippen LogP contribution < -0.4 is 5.32 Å². The van der Waals surface area contributed by atoms with Crippen LogP contribution in [-0.4, -0.2) is 61.3 Å². The fourth-order valence-electron chi connectivity index (χ4n) is 2.22. The van der Waals surface area contributed by atoms with Gasteiger partial charge in [-0.25, -0.2) is 8.57 Å². The molecule has 0 amide bonds. The molecule has 2 saturated heterocycles. The van der Waals surface area contributed by atoms with Crippen molar-refractivity contribution in [1.82, 2.24) is 5.32 Å². The number of nitrogens with one attached hydrogen (secondary N) is 1. The average Bonchev–Trinajstić information content (AvgIpc) is 2.33. The molecule has 0 aromatic heterocycles. The van der Waals surface area contributed by atoms with E-state index in [9.17, 15) is 4.21 Å². The predicted octanol–water partition coefficient (Wildman–Crippen LogP) is 0.252. The first-order chi connectivity index (χ1) is 8.22. The normalized spacial score (nSPS) is 33.2. The maximum absolute atomic E-state index is 12.4. The van der Waals surface area contributed by atoms with Gasteiger partial charge in [0.1, 0.15) is 0 Å². The summed E-state index contributed by atoms with van der Waals surface area (Å²) >= 11 is 0. The van der Waals surface area contributed by atoms with Crippen LogP contribution in [0.3, 0.4) is 0 Å². The molecule has 100 valence electrons. The zero-order chi connectivity index (χ0) is 12.1. The molecule has 0 aromatic carbocycles. The van der Waals surface area contributed by atoms with E-state index in [2.05, 4.69) is 9.68 Å². The summed E-state index contributed by atoms with van der Waals surface area (Å²) < 4.78 is 27.8. The largest absolute Gasteiger partial charge is 0.379 e. The van der Waals surface area contributed by atoms with Crippen molar-refractivity contribution in [1.29, 1.82) is 0 Å². The van der Waals surface area contributed by atoms with Crippen LogP contribution in [0.25, 0.3) is 0 Å². The van der Waals surface area contributed by atoms with Gasteiger partial charge in [0.05, 0.1) is 53.2 Å². The maximum atomic E-state index is 12.4. The highest BCUT2D eigenvalue weighted by Crippen LogP contribution is 2.18. The zero-order valence-corrected chi connectivity index (χ0v) is 11.2. The highest BCUT2D eigenvalue weighted by atomic mass is 32.2. The van der Waals surface area contributed by atoms with Crippen LogP contribution in [-0.2, 0) is 19.2 Å². The standard InChI is InChI=1S/C11H22N2O3S/c1-12-8-11-3-2-10(9-16-11)13-17(14)6-4-15-5-7-17/h10-12H,2-9H2,1H3. The molecule has 2 aliphatic heterocycles. The molecule has 2 fully saturated rings. The molecule has 0 spiro atoms. The van der Waals surface area contributed by atoms with Gasteiger partial charge >= 0.3 is 0 Å². The number of nitrogens with zero attached hydrogens (tertiary/aromatic N) is 1. The van der Waals surface area contributed by atoms with Crippen LogP contribution in [0.1, 0.15) is 12.8 Å². The van der Waals surface area contributed by atoms with Gasteiger partial charge in [0.15, 0.2) is 0 Å². The van der Waals surface area contributed by atoms with Gasteiger partial charge in [0.25, 0.3) is 0 Å². The molecule has 0 aliphatic carbocycles. The van der Waals surface area contributed by atoms with E-state index in [0.29, 0.717) is 37.4 Å². The molecule has 2 atom stereocenters. The van der Waals surface area contributed by atoms with E-state index in [0.717, 1.165) is 19.4 Å². The molecular formula is C11H22N2O3S. The van der Waals surface area contributed by atoms with Crippen LogP contribution in [0.15, 0.2) is 4.36 Å². The number of rotatable bonds is 3. The maximum Gasteiger partial charge on any atom is 0.0828 e. The van der Waals surface area contributed by atoms with Crippen molar-refractivity contribution in [2.24, 2.45) is 4.36 Å². The van der Waals surface area contributed by atoms with Gasteiger partial charge in [-0.15, -0.1) is 0 Å². The van der Waals surface area contributed by atoms with Crippen LogP contribution in [0, 0.1) is 0 Å². The van der Waals surface area contributed by atoms with E-state index in [1.165, 1.54) is 0 Å². The third kappa shape index (κ3) is 3.91. The Bertz CT molecular complexity index is 333. The third-order valence-electron chi connectivity index (χ3n) is 3.21. The quantitative estimate of drug-likeness (QED) is 0.792. The Morgan fingerprint density at radius 3 is 2.71 bits per heavy atom. The Balaban J connectivity index is 1.88. The molecule has 0 bridgehead atoms. The molecule has 2 aliphatic rings. The van der Waals surface area contributed by atoms with E-state index in [-0.39, 0.29) is 6.04 Å². The number of likely N-dealkylation sites (N-methyl/N-ethyl adjacent to an activating group) is 1. The van der Waals surface area contributed by atoms with Gasteiger partial charge in [-0.1, -0.05) is 0 Å². The lowest BCUT2D eigenvalue weighted by Gasteiger charge is -2.28. The Hall–Kier alpha value is -0.170. The molecule has 5 nitrogen and oxygen atoms in total. The average molecular weight is 262 g/mol. The summed E-state index contributed by atoms with van der Waals surface area (Å²) in [5.41, 5.74) is 0. The highest BCUT2D eigenvalue weighted by molar-refractivity contribution is 7.93. The van der Waals surface area contributed by atoms with Crippen molar-refractivity contribution in [3.8, 4) is 0 Å². The zero-order valence-electron chi connectivity index (χ0n) is 10.4. The summed E-state index contributed by atoms with van der Waals surface area (Å²) in [4.78, 5) is 0. The molecule has 2 rings (SSSR count). The lowest BCUT2D eigenvalue weighted by atomic mass is 10.1. The first kappa shape index (κ1) is 13.3. The van der Waals surface area contributed by atoms with Gasteiger partial charge in [0.2, 0.25) is 0 Å². The smallest absolute Gasteiger partial charge is 0.0828 e. The molecule has 0 saturated carbocycles. The van der Waals surface area contributed by atoms with Gasteiger partial charge in [0, 0.05) is 6.54 Å². The van der Waals surface area contributed by atoms with Crippen molar-refractivity contribution in [2.75, 3.05) is 44.9 Å². The first-order valence-electron chi connectivity index (χ1n) is 6.27. The molecule has 2 unspecified atom stereocenters. The lowest BCUT2D eigenvalue weighted by molar-refractivity contribution is 0.00818. The summed E-state index contributed by atoms with van der Waals surface area (Å²) in [5.74, 6) is 1.17. The molecule has 0 radical (unpaired) electrons. The molecule has 17 heavy (non-hydrogen) atoms. The molecular weight excluding hydrogens is 240 g/mol. The van der Waals surface area contributed by atoms with E-state index in [1.54, 1.807) is 0 Å². The van der Waals surface area contributed by atoms with Gasteiger partial charge < -0.3 is 14.8 Å². The fraction of sp³-hybridized carbons (Fsp3) is 1.00. The summed E-state index contributed by atoms with van der Waals surface area (Å²) in [6, 6.07) is 0.119. The van der Waals surface area contributed by atoms with Crippen LogP contribution in [0.2, 0.25) is 0 Å². The van der Waals surface area contributed by atoms with Crippen LogP contribution in [0.5, 0.6) is 0 Å². The molecule has 1 N–H and O–H groups in total. The topological polar surface area (TPSA) is 59.9 Å². The summed E-state index contributed by atoms with van der Waals surface area (Å²) in [5, 5.41) is 3.11. The minimum Gasteiger partial charge on any atom is -0.379 e. The predicted molar refractivity (Wildman–Crippen MR) is 67.8 cm³/mol. The molecule has 6 heteroatoms. The van der Waals surface area contributed by atoms with Crippen molar-refractivity contribution < 1.29 is 13.7 Å². The van der Waals surface area contributed by atoms with Crippen LogP contribution in [0.4, 0.5) is 0 Å². The highest BCUT2D eigenvalue weighted by Gasteiger charge is 2.23. The van der Waals surface area contributed by atoms with Gasteiger partial charge in [-0.3, -0.25) is 0 Å². The molecule has 2 heterocycles. The number of ether oxygens (including phenoxy) is 2. The summed E-state index contributed by atoms with van der Waals surface area (Å²) in [7, 11) is -0.0860. The second kappa shape index (κ2) is 6.13. The summed E-state index contributed by atoms with van der Waals surface area (Å²) in [6.45, 7) is 2.66. The third-order valence-corrected chi connectivity index (χ3v) is 5.50. The SMILES string of the molecule is CNCC1CCC(N=S2(=O)CCOCC2)CO1. The minimum atomic E-state index is -2.02. The van der Waals surface area contributed by atoms with Crippen molar-refractivity contribution in [2.45, 2.75) is 25.0 Å². The van der Waals surface area contributed by atoms with Crippen molar-refractivity contribution >= 4 is 9.73 Å². The first-order valence-corrected chi connectivity index (χ1v) is 8.13. The van der Waals surface area contributed by atoms with Crippen LogP contribution >= 0.6 is 0 Å². The van der Waals surface area contributed by atoms with E-state index < -0.39 is 9.73 Å². The van der Waals surface area contributed by atoms with E-state index in [4.69, 9.17) is 9.47 Å². The minimum absolute atomic E-state index is 0.119. The van der Waals surface area contributed by atoms with Crippen molar-refractivity contribution in [3.63, 3.8) is 0 Å². The number of hydrogen-bond acceptors (Lipinski definition) is 5. The van der Waals surface area contributed by atoms with Crippen molar-refractivity contribution in [3.05, 3.63) is 0 Å².